The molecule has 10 nitrogen and oxygen atoms in total. The van der Waals surface area contributed by atoms with Crippen LogP contribution in [0.3, 0.4) is 0 Å². The predicted molar refractivity (Wildman–Crippen MR) is 238 cm³/mol. The van der Waals surface area contributed by atoms with Crippen molar-refractivity contribution in [3.8, 4) is 0 Å². The summed E-state index contributed by atoms with van der Waals surface area (Å²) >= 11 is 0. The van der Waals surface area contributed by atoms with Gasteiger partial charge in [0.15, 0.2) is 0 Å². The summed E-state index contributed by atoms with van der Waals surface area (Å²) in [5, 5.41) is 62.8. The van der Waals surface area contributed by atoms with E-state index in [0.717, 1.165) is 55.2 Å². The molecule has 1 spiro atoms. The lowest BCUT2D eigenvalue weighted by atomic mass is 9.45. The molecule has 332 valence electrons. The van der Waals surface area contributed by atoms with Crippen LogP contribution in [0.5, 0.6) is 0 Å². The van der Waals surface area contributed by atoms with Gasteiger partial charge in [-0.25, -0.2) is 0 Å². The second-order valence-electron chi connectivity index (χ2n) is 18.5. The smallest absolute Gasteiger partial charge is 0.145 e. The van der Waals surface area contributed by atoms with Crippen molar-refractivity contribution in [1.29, 1.82) is 0 Å². The van der Waals surface area contributed by atoms with Crippen molar-refractivity contribution in [2.24, 2.45) is 35.0 Å². The van der Waals surface area contributed by atoms with Gasteiger partial charge in [0.25, 0.3) is 0 Å². The zero-order valence-corrected chi connectivity index (χ0v) is 36.9. The van der Waals surface area contributed by atoms with Crippen molar-refractivity contribution in [2.45, 2.75) is 102 Å². The first-order valence-electron chi connectivity index (χ1n) is 22.2. The molecule has 5 rings (SSSR count). The topological polar surface area (TPSA) is 161 Å². The predicted octanol–water partition coefficient (Wildman–Crippen LogP) is 5.35. The van der Waals surface area contributed by atoms with Crippen LogP contribution in [0.25, 0.3) is 0 Å². The van der Waals surface area contributed by atoms with Gasteiger partial charge in [-0.2, -0.15) is 0 Å². The van der Waals surface area contributed by atoms with E-state index in [1.54, 1.807) is 7.11 Å². The Bertz CT molecular complexity index is 1770. The van der Waals surface area contributed by atoms with Crippen LogP contribution in [0.2, 0.25) is 0 Å². The van der Waals surface area contributed by atoms with Gasteiger partial charge in [0.05, 0.1) is 31.5 Å². The molecule has 1 aromatic carbocycles. The summed E-state index contributed by atoms with van der Waals surface area (Å²) in [6.07, 6.45) is 17.2. The summed E-state index contributed by atoms with van der Waals surface area (Å²) < 4.78 is 11.5. The van der Waals surface area contributed by atoms with Gasteiger partial charge >= 0.3 is 0 Å². The molecule has 3 aliphatic carbocycles. The molecule has 0 aromatic heterocycles. The highest BCUT2D eigenvalue weighted by atomic mass is 16.5. The van der Waals surface area contributed by atoms with Gasteiger partial charge in [-0.1, -0.05) is 84.0 Å². The average molecular weight is 831 g/mol. The number of carbonyl (C=O) groups is 1. The van der Waals surface area contributed by atoms with Crippen LogP contribution in [0.4, 0.5) is 0 Å². The highest BCUT2D eigenvalue weighted by Crippen LogP contribution is 2.67. The van der Waals surface area contributed by atoms with E-state index in [9.17, 15) is 30.3 Å². The van der Waals surface area contributed by atoms with Crippen LogP contribution in [0, 0.1) is 35.0 Å². The molecule has 4 bridgehead atoms. The maximum Gasteiger partial charge on any atom is 0.145 e. The molecule has 7 N–H and O–H groups in total. The highest BCUT2D eigenvalue weighted by Gasteiger charge is 2.68. The van der Waals surface area contributed by atoms with E-state index in [0.29, 0.717) is 50.8 Å². The van der Waals surface area contributed by atoms with E-state index in [4.69, 9.17) is 9.47 Å². The number of benzene rings is 1. The van der Waals surface area contributed by atoms with E-state index in [1.165, 1.54) is 16.7 Å². The number of ether oxygens (including phenoxy) is 2. The van der Waals surface area contributed by atoms with Crippen molar-refractivity contribution in [2.75, 3.05) is 60.3 Å². The van der Waals surface area contributed by atoms with Gasteiger partial charge in [0.2, 0.25) is 0 Å². The lowest BCUT2D eigenvalue weighted by Gasteiger charge is -2.61. The first kappa shape index (κ1) is 48.0. The minimum absolute atomic E-state index is 0.0536. The number of nitrogens with one attached hydrogen (secondary N) is 2. The van der Waals surface area contributed by atoms with Crippen molar-refractivity contribution >= 4 is 6.29 Å². The number of aldehydes is 1. The quantitative estimate of drug-likeness (QED) is 0.0445. The molecular weight excluding hydrogens is 757 g/mol. The minimum atomic E-state index is -1.26. The van der Waals surface area contributed by atoms with E-state index < -0.39 is 35.7 Å². The Balaban J connectivity index is 1.48. The van der Waals surface area contributed by atoms with Gasteiger partial charge < -0.3 is 45.6 Å². The molecule has 1 aromatic rings. The number of fused-ring (bicyclic) bond motifs is 5. The SMILES string of the molecule is C=C(C=CC=C(COCC(O)CO)C1CCC2(C1O)C1C(=C(C)C=O)C(C=CC1CCO)CC2(O)CCNC)C1CC=C(C)CNC(C)(CCOC)Cc2cccc(c2)C1. The number of aliphatic hydroxyl groups excluding tert-OH is 4. The molecule has 0 amide bonds. The minimum Gasteiger partial charge on any atom is -0.396 e. The standard InChI is InChI=1S/C50H74N2O8/c1-34-13-14-40(26-37-10-8-11-38(25-37)27-48(4,52-29-34)21-24-59-6)35(2)9-7-12-42(32-60-33-43(56)31-55)44-17-19-50(47(44)57)46-39(18-23-53)15-16-41(45(46)36(3)30-54)28-49(50,58)20-22-51-5/h7-13,15-16,25,30,39-41,43-44,46-47,51-53,55-58H,2,14,17-24,26-29,31-33H2,1,3-6H3. The molecule has 4 aliphatic rings. The number of hydrogen-bond acceptors (Lipinski definition) is 10. The molecule has 1 aliphatic heterocycles. The fraction of sp³-hybridized carbons (Fsp3) is 0.620. The maximum atomic E-state index is 12.9. The van der Waals surface area contributed by atoms with Gasteiger partial charge in [0.1, 0.15) is 12.4 Å². The fourth-order valence-corrected chi connectivity index (χ4v) is 11.0. The number of aliphatic hydroxyl groups is 5. The zero-order valence-electron chi connectivity index (χ0n) is 36.9. The van der Waals surface area contributed by atoms with Crippen molar-refractivity contribution in [1.82, 2.24) is 10.6 Å². The molecule has 10 unspecified atom stereocenters. The summed E-state index contributed by atoms with van der Waals surface area (Å²) in [6, 6.07) is 8.86. The Morgan fingerprint density at radius 3 is 2.68 bits per heavy atom. The lowest BCUT2D eigenvalue weighted by Crippen LogP contribution is -2.65. The summed E-state index contributed by atoms with van der Waals surface area (Å²) in [6.45, 7) is 12.4. The average Bonchev–Trinajstić information content (AvgIpc) is 3.58. The maximum absolute atomic E-state index is 12.9. The summed E-state index contributed by atoms with van der Waals surface area (Å²) in [7, 11) is 3.61. The lowest BCUT2D eigenvalue weighted by molar-refractivity contribution is -0.194. The van der Waals surface area contributed by atoms with Crippen LogP contribution >= 0.6 is 0 Å². The highest BCUT2D eigenvalue weighted by molar-refractivity contribution is 5.74. The number of carbonyl (C=O) groups excluding carboxylic acids is 1. The fourth-order valence-electron chi connectivity index (χ4n) is 11.0. The van der Waals surface area contributed by atoms with Crippen LogP contribution in [0.1, 0.15) is 76.8 Å². The molecule has 2 fully saturated rings. The van der Waals surface area contributed by atoms with Gasteiger partial charge in [0, 0.05) is 49.7 Å². The van der Waals surface area contributed by atoms with Crippen LogP contribution in [-0.4, -0.2) is 115 Å². The van der Waals surface area contributed by atoms with Crippen LogP contribution in [-0.2, 0) is 27.1 Å². The number of hydrogen-bond donors (Lipinski definition) is 7. The summed E-state index contributed by atoms with van der Waals surface area (Å²) in [5.41, 5.74) is 4.85. The van der Waals surface area contributed by atoms with E-state index in [-0.39, 0.29) is 49.0 Å². The summed E-state index contributed by atoms with van der Waals surface area (Å²) in [4.78, 5) is 12.4. The van der Waals surface area contributed by atoms with Gasteiger partial charge in [-0.05, 0) is 132 Å². The number of allylic oxidation sites excluding steroid dienone is 9. The van der Waals surface area contributed by atoms with Crippen LogP contribution < -0.4 is 10.6 Å². The Kier molecular flexibility index (Phi) is 17.5. The third-order valence-corrected chi connectivity index (χ3v) is 14.3. The van der Waals surface area contributed by atoms with Crippen LogP contribution in [0.15, 0.2) is 95.2 Å². The molecule has 0 radical (unpaired) electrons. The third-order valence-electron chi connectivity index (χ3n) is 14.3. The van der Waals surface area contributed by atoms with Gasteiger partial charge in [-0.15, -0.1) is 0 Å². The monoisotopic (exact) mass is 831 g/mol. The first-order valence-corrected chi connectivity index (χ1v) is 22.2. The normalized spacial score (nSPS) is 33.6. The molecule has 10 heteroatoms. The summed E-state index contributed by atoms with van der Waals surface area (Å²) in [5.74, 6) is -0.916. The van der Waals surface area contributed by atoms with Crippen molar-refractivity contribution in [3.05, 3.63) is 106 Å². The largest absolute Gasteiger partial charge is 0.396 e. The Morgan fingerprint density at radius 1 is 1.18 bits per heavy atom. The Labute approximate surface area is 359 Å². The Hall–Kier alpha value is -3.03. The molecule has 1 heterocycles. The van der Waals surface area contributed by atoms with E-state index in [1.807, 2.05) is 26.1 Å². The molecular formula is C50H74N2O8. The third kappa shape index (κ3) is 10.9. The number of rotatable bonds is 18. The molecule has 2 saturated carbocycles. The first-order chi connectivity index (χ1) is 28.8. The number of methoxy groups -OCH3 is 1. The van der Waals surface area contributed by atoms with Crippen molar-refractivity contribution < 1.29 is 39.8 Å². The second kappa shape index (κ2) is 21.9. The Morgan fingerprint density at radius 2 is 1.97 bits per heavy atom. The zero-order chi connectivity index (χ0) is 43.5. The molecule has 0 saturated heterocycles. The molecule has 10 atom stereocenters. The molecule has 60 heavy (non-hydrogen) atoms. The van der Waals surface area contributed by atoms with Gasteiger partial charge in [-0.3, -0.25) is 4.79 Å². The van der Waals surface area contributed by atoms with Crippen molar-refractivity contribution in [3.63, 3.8) is 0 Å². The van der Waals surface area contributed by atoms with E-state index in [2.05, 4.69) is 79.6 Å². The van der Waals surface area contributed by atoms with E-state index >= 15 is 0 Å². The second-order valence-corrected chi connectivity index (χ2v) is 18.5.